The molecule has 29 heavy (non-hydrogen) atoms. The Morgan fingerprint density at radius 1 is 1.28 bits per heavy atom. The Labute approximate surface area is 168 Å². The number of anilines is 1. The van der Waals surface area contributed by atoms with Crippen LogP contribution in [0.2, 0.25) is 0 Å². The van der Waals surface area contributed by atoms with Gasteiger partial charge in [-0.05, 0) is 49.1 Å². The van der Waals surface area contributed by atoms with Crippen molar-refractivity contribution in [3.8, 4) is 0 Å². The standard InChI is InChI=1S/C21H23N5O3/c1-26-18-8-3-7-17(16(18)13-23-26)25-21(28)22-12-14-5-2-6-15(11-14)24-20(27)19-9-4-10-29-19/h2,4-6,9-11,13,17H,3,7-8,12H2,1H3,(H,24,27)(H2,22,25,28). The highest BCUT2D eigenvalue weighted by atomic mass is 16.3. The molecule has 0 bridgehead atoms. The molecule has 0 radical (unpaired) electrons. The normalized spacial score (nSPS) is 15.4. The smallest absolute Gasteiger partial charge is 0.315 e. The van der Waals surface area contributed by atoms with Gasteiger partial charge in [0.1, 0.15) is 0 Å². The Morgan fingerprint density at radius 2 is 2.17 bits per heavy atom. The molecule has 8 nitrogen and oxygen atoms in total. The second kappa shape index (κ2) is 8.22. The molecule has 3 aromatic rings. The van der Waals surface area contributed by atoms with E-state index in [1.165, 1.54) is 12.0 Å². The van der Waals surface area contributed by atoms with Gasteiger partial charge in [-0.25, -0.2) is 4.79 Å². The summed E-state index contributed by atoms with van der Waals surface area (Å²) in [4.78, 5) is 24.5. The van der Waals surface area contributed by atoms with E-state index in [-0.39, 0.29) is 23.7 Å². The maximum atomic E-state index is 12.4. The monoisotopic (exact) mass is 393 g/mol. The van der Waals surface area contributed by atoms with E-state index in [1.54, 1.807) is 18.2 Å². The average Bonchev–Trinajstić information content (AvgIpc) is 3.38. The van der Waals surface area contributed by atoms with Crippen molar-refractivity contribution in [1.29, 1.82) is 0 Å². The summed E-state index contributed by atoms with van der Waals surface area (Å²) in [5.74, 6) is -0.0717. The number of aromatic nitrogens is 2. The number of aryl methyl sites for hydroxylation is 1. The minimum Gasteiger partial charge on any atom is -0.459 e. The fraction of sp³-hybridized carbons (Fsp3) is 0.286. The van der Waals surface area contributed by atoms with Gasteiger partial charge in [-0.3, -0.25) is 9.48 Å². The van der Waals surface area contributed by atoms with Crippen LogP contribution >= 0.6 is 0 Å². The molecule has 0 saturated carbocycles. The summed E-state index contributed by atoms with van der Waals surface area (Å²) in [6, 6.07) is 10.3. The van der Waals surface area contributed by atoms with E-state index < -0.39 is 0 Å². The highest BCUT2D eigenvalue weighted by Crippen LogP contribution is 2.28. The summed E-state index contributed by atoms with van der Waals surface area (Å²) in [5, 5.41) is 13.0. The first kappa shape index (κ1) is 18.8. The van der Waals surface area contributed by atoms with Crippen molar-refractivity contribution in [1.82, 2.24) is 20.4 Å². The van der Waals surface area contributed by atoms with Crippen LogP contribution in [0.25, 0.3) is 0 Å². The molecule has 1 unspecified atom stereocenters. The van der Waals surface area contributed by atoms with Crippen molar-refractivity contribution >= 4 is 17.6 Å². The largest absolute Gasteiger partial charge is 0.459 e. The summed E-state index contributed by atoms with van der Waals surface area (Å²) < 4.78 is 6.97. The van der Waals surface area contributed by atoms with E-state index in [0.29, 0.717) is 12.2 Å². The Morgan fingerprint density at radius 3 is 3.00 bits per heavy atom. The van der Waals surface area contributed by atoms with Crippen LogP contribution in [-0.4, -0.2) is 21.7 Å². The predicted molar refractivity (Wildman–Crippen MR) is 107 cm³/mol. The van der Waals surface area contributed by atoms with Gasteiger partial charge in [0.05, 0.1) is 18.5 Å². The van der Waals surface area contributed by atoms with Crippen LogP contribution in [0, 0.1) is 0 Å². The number of nitrogens with zero attached hydrogens (tertiary/aromatic N) is 2. The Hall–Kier alpha value is -3.55. The molecule has 150 valence electrons. The van der Waals surface area contributed by atoms with Crippen LogP contribution in [0.1, 0.15) is 46.3 Å². The molecule has 2 aromatic heterocycles. The number of nitrogens with one attached hydrogen (secondary N) is 3. The Kier molecular flexibility index (Phi) is 5.33. The van der Waals surface area contributed by atoms with Crippen LogP contribution in [-0.2, 0) is 20.0 Å². The molecule has 8 heteroatoms. The lowest BCUT2D eigenvalue weighted by atomic mass is 9.93. The van der Waals surface area contributed by atoms with Gasteiger partial charge in [0, 0.05) is 30.5 Å². The predicted octanol–water partition coefficient (Wildman–Crippen LogP) is 3.14. The van der Waals surface area contributed by atoms with Crippen molar-refractivity contribution in [2.24, 2.45) is 7.05 Å². The zero-order chi connectivity index (χ0) is 20.2. The molecule has 1 aliphatic rings. The van der Waals surface area contributed by atoms with Crippen LogP contribution < -0.4 is 16.0 Å². The van der Waals surface area contributed by atoms with Gasteiger partial charge < -0.3 is 20.4 Å². The molecule has 0 fully saturated rings. The number of furan rings is 1. The molecule has 1 aromatic carbocycles. The van der Waals surface area contributed by atoms with Crippen molar-refractivity contribution in [2.45, 2.75) is 31.8 Å². The van der Waals surface area contributed by atoms with Gasteiger partial charge in [-0.1, -0.05) is 12.1 Å². The van der Waals surface area contributed by atoms with Gasteiger partial charge >= 0.3 is 6.03 Å². The topological polar surface area (TPSA) is 101 Å². The third-order valence-electron chi connectivity index (χ3n) is 5.06. The maximum absolute atomic E-state index is 12.4. The number of urea groups is 1. The first-order valence-electron chi connectivity index (χ1n) is 9.59. The van der Waals surface area contributed by atoms with Crippen LogP contribution in [0.4, 0.5) is 10.5 Å². The molecule has 1 atom stereocenters. The van der Waals surface area contributed by atoms with Crippen molar-refractivity contribution in [3.63, 3.8) is 0 Å². The van der Waals surface area contributed by atoms with Gasteiger partial charge in [-0.2, -0.15) is 5.10 Å². The van der Waals surface area contributed by atoms with Crippen LogP contribution in [0.3, 0.4) is 0 Å². The van der Waals surface area contributed by atoms with Gasteiger partial charge in [0.15, 0.2) is 5.76 Å². The van der Waals surface area contributed by atoms with Crippen molar-refractivity contribution in [3.05, 3.63) is 71.4 Å². The highest BCUT2D eigenvalue weighted by molar-refractivity contribution is 6.02. The number of hydrogen-bond donors (Lipinski definition) is 3. The Bertz CT molecular complexity index is 1010. The molecule has 3 amide bonds. The number of carbonyl (C=O) groups is 2. The molecule has 0 aliphatic heterocycles. The third kappa shape index (κ3) is 4.31. The quantitative estimate of drug-likeness (QED) is 0.620. The highest BCUT2D eigenvalue weighted by Gasteiger charge is 2.24. The number of carbonyl (C=O) groups excluding carboxylic acids is 2. The Balaban J connectivity index is 1.32. The van der Waals surface area contributed by atoms with E-state index in [2.05, 4.69) is 21.0 Å². The van der Waals surface area contributed by atoms with E-state index in [1.807, 2.05) is 36.1 Å². The van der Waals surface area contributed by atoms with Gasteiger partial charge in [-0.15, -0.1) is 0 Å². The summed E-state index contributed by atoms with van der Waals surface area (Å²) in [6.45, 7) is 0.350. The fourth-order valence-electron chi connectivity index (χ4n) is 3.61. The maximum Gasteiger partial charge on any atom is 0.315 e. The second-order valence-corrected chi connectivity index (χ2v) is 7.07. The van der Waals surface area contributed by atoms with E-state index in [4.69, 9.17) is 4.42 Å². The summed E-state index contributed by atoms with van der Waals surface area (Å²) >= 11 is 0. The first-order valence-corrected chi connectivity index (χ1v) is 9.59. The number of benzene rings is 1. The lowest BCUT2D eigenvalue weighted by Gasteiger charge is -2.24. The first-order chi connectivity index (χ1) is 14.1. The summed E-state index contributed by atoms with van der Waals surface area (Å²) in [7, 11) is 1.93. The summed E-state index contributed by atoms with van der Waals surface area (Å²) in [5.41, 5.74) is 3.79. The number of rotatable bonds is 5. The van der Waals surface area contributed by atoms with Crippen molar-refractivity contribution < 1.29 is 14.0 Å². The zero-order valence-electron chi connectivity index (χ0n) is 16.1. The lowest BCUT2D eigenvalue weighted by Crippen LogP contribution is -2.38. The van der Waals surface area contributed by atoms with Crippen LogP contribution in [0.15, 0.2) is 53.3 Å². The average molecular weight is 393 g/mol. The number of amides is 3. The summed E-state index contributed by atoms with van der Waals surface area (Å²) in [6.07, 6.45) is 6.21. The molecule has 2 heterocycles. The fourth-order valence-corrected chi connectivity index (χ4v) is 3.61. The lowest BCUT2D eigenvalue weighted by molar-refractivity contribution is 0.0996. The second-order valence-electron chi connectivity index (χ2n) is 7.07. The molecular weight excluding hydrogens is 370 g/mol. The minimum atomic E-state index is -0.317. The number of hydrogen-bond acceptors (Lipinski definition) is 4. The number of fused-ring (bicyclic) bond motifs is 1. The molecule has 0 saturated heterocycles. The van der Waals surface area contributed by atoms with Gasteiger partial charge in [0.2, 0.25) is 0 Å². The third-order valence-corrected chi connectivity index (χ3v) is 5.06. The minimum absolute atomic E-state index is 0.0219. The molecule has 1 aliphatic carbocycles. The van der Waals surface area contributed by atoms with E-state index >= 15 is 0 Å². The molecule has 0 spiro atoms. The molecule has 3 N–H and O–H groups in total. The van der Waals surface area contributed by atoms with E-state index in [0.717, 1.165) is 30.4 Å². The van der Waals surface area contributed by atoms with E-state index in [9.17, 15) is 9.59 Å². The molecule has 4 rings (SSSR count). The SMILES string of the molecule is Cn1ncc2c1CCCC2NC(=O)NCc1cccc(NC(=O)c2ccco2)c1. The van der Waals surface area contributed by atoms with Crippen molar-refractivity contribution in [2.75, 3.05) is 5.32 Å². The zero-order valence-corrected chi connectivity index (χ0v) is 16.1. The molecular formula is C21H23N5O3. The van der Waals surface area contributed by atoms with Crippen LogP contribution in [0.5, 0.6) is 0 Å². The van der Waals surface area contributed by atoms with Gasteiger partial charge in [0.25, 0.3) is 5.91 Å².